The number of hydrogen-bond donors (Lipinski definition) is 2. The predicted molar refractivity (Wildman–Crippen MR) is 168 cm³/mol. The van der Waals surface area contributed by atoms with Crippen LogP contribution < -0.4 is 15.4 Å². The summed E-state index contributed by atoms with van der Waals surface area (Å²) in [6.45, 7) is 10.8. The van der Waals surface area contributed by atoms with Gasteiger partial charge in [-0.05, 0) is 86.1 Å². The Balaban J connectivity index is 1.64. The quantitative estimate of drug-likeness (QED) is 0.357. The Morgan fingerprint density at radius 3 is 2.60 bits per heavy atom. The van der Waals surface area contributed by atoms with Crippen molar-refractivity contribution < 1.29 is 23.1 Å². The molecule has 8 heteroatoms. The first kappa shape index (κ1) is 30.4. The number of sulfone groups is 1. The molecule has 0 saturated heterocycles. The molecule has 226 valence electrons. The highest BCUT2D eigenvalue weighted by atomic mass is 32.2. The molecule has 42 heavy (non-hydrogen) atoms. The maximum absolute atomic E-state index is 14.5. The molecule has 6 atom stereocenters. The number of ether oxygens (including phenoxy) is 1. The first-order valence-electron chi connectivity index (χ1n) is 15.2. The van der Waals surface area contributed by atoms with Crippen LogP contribution in [0.25, 0.3) is 0 Å². The number of rotatable bonds is 11. The lowest BCUT2D eigenvalue weighted by Gasteiger charge is -2.48. The molecule has 0 radical (unpaired) electrons. The minimum absolute atomic E-state index is 0.126. The number of aryl methyl sites for hydroxylation is 1. The number of carbonyl (C=O) groups is 1. The summed E-state index contributed by atoms with van der Waals surface area (Å²) in [6, 6.07) is 13.4. The van der Waals surface area contributed by atoms with Crippen molar-refractivity contribution in [1.82, 2.24) is 0 Å². The molecule has 2 aromatic carbocycles. The first-order valence-corrected chi connectivity index (χ1v) is 16.8. The van der Waals surface area contributed by atoms with Gasteiger partial charge in [0, 0.05) is 18.7 Å². The van der Waals surface area contributed by atoms with E-state index in [0.29, 0.717) is 56.5 Å². The van der Waals surface area contributed by atoms with Crippen LogP contribution in [-0.2, 0) is 21.7 Å². The average Bonchev–Trinajstić information content (AvgIpc) is 3.11. The normalized spacial score (nSPS) is 26.5. The van der Waals surface area contributed by atoms with E-state index in [1.807, 2.05) is 19.1 Å². The van der Waals surface area contributed by atoms with Crippen LogP contribution in [0.3, 0.4) is 0 Å². The van der Waals surface area contributed by atoms with Gasteiger partial charge in [-0.3, -0.25) is 4.79 Å². The van der Waals surface area contributed by atoms with Crippen molar-refractivity contribution in [2.24, 2.45) is 17.6 Å². The molecule has 1 aliphatic heterocycles. The molecule has 2 unspecified atom stereocenters. The van der Waals surface area contributed by atoms with Crippen LogP contribution in [0.15, 0.2) is 67.8 Å². The van der Waals surface area contributed by atoms with Crippen LogP contribution in [0.1, 0.15) is 66.9 Å². The zero-order valence-electron chi connectivity index (χ0n) is 24.6. The monoisotopic (exact) mass is 592 g/mol. The molecule has 3 N–H and O–H groups in total. The van der Waals surface area contributed by atoms with Gasteiger partial charge in [-0.1, -0.05) is 43.3 Å². The second-order valence-corrected chi connectivity index (χ2v) is 14.7. The van der Waals surface area contributed by atoms with Gasteiger partial charge in [-0.25, -0.2) is 8.42 Å². The fourth-order valence-corrected chi connectivity index (χ4v) is 10.3. The molecule has 1 fully saturated rings. The number of hydrogen-bond acceptors (Lipinski definition) is 6. The van der Waals surface area contributed by atoms with Gasteiger partial charge >= 0.3 is 0 Å². The lowest BCUT2D eigenvalue weighted by atomic mass is 9.68. The zero-order chi connectivity index (χ0) is 30.1. The number of fused-ring (bicyclic) bond motifs is 3. The van der Waals surface area contributed by atoms with E-state index in [1.54, 1.807) is 30.4 Å². The Morgan fingerprint density at radius 1 is 1.17 bits per heavy atom. The Morgan fingerprint density at radius 2 is 1.93 bits per heavy atom. The highest BCUT2D eigenvalue weighted by Gasteiger charge is 2.54. The van der Waals surface area contributed by atoms with E-state index in [2.05, 4.69) is 30.2 Å². The van der Waals surface area contributed by atoms with Crippen molar-refractivity contribution in [3.63, 3.8) is 0 Å². The van der Waals surface area contributed by atoms with E-state index in [-0.39, 0.29) is 18.4 Å². The van der Waals surface area contributed by atoms with E-state index >= 15 is 0 Å². The highest BCUT2D eigenvalue weighted by molar-refractivity contribution is 7.92. The number of aliphatic hydroxyl groups is 1. The summed E-state index contributed by atoms with van der Waals surface area (Å²) in [4.78, 5) is 14.4. The maximum Gasteiger partial charge on any atom is 0.248 e. The molecular formula is C34H44N2O5S. The van der Waals surface area contributed by atoms with E-state index in [0.717, 1.165) is 29.7 Å². The molecule has 2 aliphatic carbocycles. The van der Waals surface area contributed by atoms with E-state index < -0.39 is 37.8 Å². The molecule has 3 aliphatic rings. The number of anilines is 1. The lowest BCUT2D eigenvalue weighted by molar-refractivity contribution is 0.0178. The molecule has 0 aromatic heterocycles. The van der Waals surface area contributed by atoms with Crippen molar-refractivity contribution in [2.45, 2.75) is 73.9 Å². The predicted octanol–water partition coefficient (Wildman–Crippen LogP) is 4.97. The molecule has 1 heterocycles. The van der Waals surface area contributed by atoms with Gasteiger partial charge in [0.15, 0.2) is 9.84 Å². The Labute approximate surface area is 250 Å². The zero-order valence-corrected chi connectivity index (χ0v) is 25.4. The molecule has 7 nitrogen and oxygen atoms in total. The van der Waals surface area contributed by atoms with Gasteiger partial charge in [-0.15, -0.1) is 13.2 Å². The van der Waals surface area contributed by atoms with Gasteiger partial charge in [0.05, 0.1) is 27.7 Å². The SMILES string of the molecule is C=CC[C@@H](CC)S(=O)(=O)C1CCc2ccccc2C12COc1ccc(C(N)=O)cc1N(C[C@@H]1CC[C@H]1[C@@H](O)CC=C)C2. The summed E-state index contributed by atoms with van der Waals surface area (Å²) in [5.74, 6) is 0.411. The van der Waals surface area contributed by atoms with E-state index in [1.165, 1.54) is 0 Å². The summed E-state index contributed by atoms with van der Waals surface area (Å²) in [7, 11) is -3.59. The van der Waals surface area contributed by atoms with Crippen molar-refractivity contribution in [3.8, 4) is 5.75 Å². The third-order valence-electron chi connectivity index (χ3n) is 9.97. The van der Waals surface area contributed by atoms with Gasteiger partial charge in [0.25, 0.3) is 0 Å². The standard InChI is InChI=1S/C34H44N2O5S/c1-4-9-26(6-3)42(39,40)32-18-15-23-11-7-8-12-28(23)34(32)21-36(20-25-13-16-27(25)30(37)10-5-2)29-19-24(33(35)38)14-17-31(29)41-22-34/h4-5,7-8,11-12,14,17,19,25-27,30,32,37H,1-2,6,9-10,13,15-16,18,20-22H2,3H3,(H2,35,38)/t25-,26+,27+,30-,32?,34?/m0/s1. The lowest BCUT2D eigenvalue weighted by Crippen LogP contribution is -2.59. The highest BCUT2D eigenvalue weighted by Crippen LogP contribution is 2.49. The summed E-state index contributed by atoms with van der Waals surface area (Å²) < 4.78 is 35.6. The van der Waals surface area contributed by atoms with Crippen LogP contribution >= 0.6 is 0 Å². The Hall–Kier alpha value is -3.10. The number of aliphatic hydroxyl groups excluding tert-OH is 1. The van der Waals surface area contributed by atoms with Gasteiger partial charge in [-0.2, -0.15) is 0 Å². The van der Waals surface area contributed by atoms with Crippen molar-refractivity contribution in [1.29, 1.82) is 0 Å². The molecule has 1 spiro atoms. The third-order valence-corrected chi connectivity index (χ3v) is 12.9. The molecule has 1 amide bonds. The molecule has 0 bridgehead atoms. The average molecular weight is 593 g/mol. The third kappa shape index (κ3) is 5.39. The Kier molecular flexibility index (Phi) is 8.86. The largest absolute Gasteiger partial charge is 0.490 e. The molecule has 1 saturated carbocycles. The van der Waals surface area contributed by atoms with Crippen molar-refractivity contribution >= 4 is 21.4 Å². The molecular weight excluding hydrogens is 548 g/mol. The number of allylic oxidation sites excluding steroid dienone is 1. The topological polar surface area (TPSA) is 110 Å². The number of amides is 1. The fourth-order valence-electron chi connectivity index (χ4n) is 7.59. The van der Waals surface area contributed by atoms with Crippen molar-refractivity contribution in [2.75, 3.05) is 24.6 Å². The summed E-state index contributed by atoms with van der Waals surface area (Å²) in [5.41, 5.74) is 8.13. The van der Waals surface area contributed by atoms with Crippen LogP contribution in [0.5, 0.6) is 5.75 Å². The minimum atomic E-state index is -3.59. The summed E-state index contributed by atoms with van der Waals surface area (Å²) >= 11 is 0. The van der Waals surface area contributed by atoms with Crippen molar-refractivity contribution in [3.05, 3.63) is 84.5 Å². The van der Waals surface area contributed by atoms with Crippen LogP contribution in [0.4, 0.5) is 5.69 Å². The van der Waals surface area contributed by atoms with Gasteiger partial charge in [0.1, 0.15) is 12.4 Å². The second kappa shape index (κ2) is 12.3. The van der Waals surface area contributed by atoms with Gasteiger partial charge in [0.2, 0.25) is 5.91 Å². The number of carbonyl (C=O) groups excluding carboxylic acids is 1. The number of nitrogens with two attached hydrogens (primary N) is 1. The number of nitrogens with zero attached hydrogens (tertiary/aromatic N) is 1. The van der Waals surface area contributed by atoms with Crippen LogP contribution in [0.2, 0.25) is 0 Å². The minimum Gasteiger partial charge on any atom is -0.490 e. The maximum atomic E-state index is 14.5. The number of primary amides is 1. The number of benzene rings is 2. The summed E-state index contributed by atoms with van der Waals surface area (Å²) in [5, 5.41) is 9.66. The summed E-state index contributed by atoms with van der Waals surface area (Å²) in [6.07, 6.45) is 7.54. The van der Waals surface area contributed by atoms with Crippen LogP contribution in [0, 0.1) is 11.8 Å². The smallest absolute Gasteiger partial charge is 0.248 e. The van der Waals surface area contributed by atoms with E-state index in [9.17, 15) is 18.3 Å². The van der Waals surface area contributed by atoms with Gasteiger partial charge < -0.3 is 20.5 Å². The fraction of sp³-hybridized carbons (Fsp3) is 0.500. The molecule has 2 aromatic rings. The second-order valence-electron chi connectivity index (χ2n) is 12.3. The van der Waals surface area contributed by atoms with Crippen LogP contribution in [-0.4, -0.2) is 55.7 Å². The first-order chi connectivity index (χ1) is 20.2. The Bertz CT molecular complexity index is 1440. The van der Waals surface area contributed by atoms with E-state index in [4.69, 9.17) is 10.5 Å². The molecule has 5 rings (SSSR count).